The molecule has 0 saturated carbocycles. The van der Waals surface area contributed by atoms with Gasteiger partial charge in [0.25, 0.3) is 0 Å². The Morgan fingerprint density at radius 3 is 2.27 bits per heavy atom. The number of rotatable bonds is 3. The fraction of sp³-hybridized carbons (Fsp3) is 0.462. The van der Waals surface area contributed by atoms with E-state index in [0.717, 1.165) is 0 Å². The van der Waals surface area contributed by atoms with Gasteiger partial charge in [0.15, 0.2) is 0 Å². The summed E-state index contributed by atoms with van der Waals surface area (Å²) in [6, 6.07) is 3.62. The Morgan fingerprint density at radius 1 is 1.18 bits per heavy atom. The largest absolute Gasteiger partial charge is 0.339 e. The lowest BCUT2D eigenvalue weighted by Crippen LogP contribution is -2.53. The first kappa shape index (κ1) is 17.5. The second kappa shape index (κ2) is 6.72. The van der Waals surface area contributed by atoms with Gasteiger partial charge in [0.1, 0.15) is 0 Å². The summed E-state index contributed by atoms with van der Waals surface area (Å²) in [6.07, 6.45) is 0. The number of hydrogen-bond acceptors (Lipinski definition) is 4. The van der Waals surface area contributed by atoms with Crippen LogP contribution in [-0.2, 0) is 14.8 Å². The van der Waals surface area contributed by atoms with Crippen LogP contribution in [0.1, 0.15) is 6.92 Å². The molecule has 0 radical (unpaired) electrons. The molecule has 0 aromatic heterocycles. The molecule has 1 aliphatic heterocycles. The maximum Gasteiger partial charge on any atom is 0.243 e. The van der Waals surface area contributed by atoms with Crippen molar-refractivity contribution in [1.29, 1.82) is 0 Å². The Bertz CT molecular complexity index is 671. The molecule has 22 heavy (non-hydrogen) atoms. The van der Waals surface area contributed by atoms with Crippen LogP contribution in [0.25, 0.3) is 0 Å². The fourth-order valence-electron chi connectivity index (χ4n) is 2.22. The molecule has 0 bridgehead atoms. The first-order chi connectivity index (χ1) is 10.2. The number of nitrogens with zero attached hydrogens (tertiary/aromatic N) is 2. The van der Waals surface area contributed by atoms with Crippen LogP contribution in [0.3, 0.4) is 0 Å². The van der Waals surface area contributed by atoms with E-state index in [1.165, 1.54) is 22.5 Å². The molecule has 1 heterocycles. The molecule has 1 saturated heterocycles. The van der Waals surface area contributed by atoms with Gasteiger partial charge >= 0.3 is 0 Å². The lowest BCUT2D eigenvalue weighted by molar-refractivity contribution is -0.133. The summed E-state index contributed by atoms with van der Waals surface area (Å²) in [6.45, 7) is 2.70. The lowest BCUT2D eigenvalue weighted by atomic mass is 10.2. The van der Waals surface area contributed by atoms with Crippen molar-refractivity contribution in [3.05, 3.63) is 28.2 Å². The van der Waals surface area contributed by atoms with E-state index in [0.29, 0.717) is 18.1 Å². The number of carbonyl (C=O) groups is 1. The molecule has 1 aromatic rings. The number of carbonyl (C=O) groups excluding carboxylic acids is 1. The first-order valence-corrected chi connectivity index (χ1v) is 8.92. The molecule has 1 aromatic carbocycles. The van der Waals surface area contributed by atoms with Crippen molar-refractivity contribution in [1.82, 2.24) is 9.21 Å². The van der Waals surface area contributed by atoms with Gasteiger partial charge in [-0.3, -0.25) is 4.79 Å². The highest BCUT2D eigenvalue weighted by Crippen LogP contribution is 2.27. The summed E-state index contributed by atoms with van der Waals surface area (Å²) in [5.41, 5.74) is 5.56. The molecule has 2 rings (SSSR count). The SMILES string of the molecule is C[C@H](N)C(=O)N1CCN(S(=O)(=O)c2ccc(Cl)c(Cl)c2)CC1. The van der Waals surface area contributed by atoms with E-state index < -0.39 is 16.1 Å². The molecule has 122 valence electrons. The van der Waals surface area contributed by atoms with Gasteiger partial charge in [0.2, 0.25) is 15.9 Å². The van der Waals surface area contributed by atoms with E-state index in [4.69, 9.17) is 28.9 Å². The summed E-state index contributed by atoms with van der Waals surface area (Å²) in [4.78, 5) is 13.5. The van der Waals surface area contributed by atoms with E-state index >= 15 is 0 Å². The van der Waals surface area contributed by atoms with Crippen LogP contribution < -0.4 is 5.73 Å². The van der Waals surface area contributed by atoms with Crippen LogP contribution in [0, 0.1) is 0 Å². The van der Waals surface area contributed by atoms with Crippen LogP contribution in [0.4, 0.5) is 0 Å². The summed E-state index contributed by atoms with van der Waals surface area (Å²) < 4.78 is 26.4. The van der Waals surface area contributed by atoms with Crippen LogP contribution in [-0.4, -0.2) is 55.8 Å². The smallest absolute Gasteiger partial charge is 0.243 e. The molecular formula is C13H17Cl2N3O3S. The average Bonchev–Trinajstić information content (AvgIpc) is 2.49. The van der Waals surface area contributed by atoms with Gasteiger partial charge in [-0.2, -0.15) is 4.31 Å². The molecule has 0 unspecified atom stereocenters. The average molecular weight is 366 g/mol. The van der Waals surface area contributed by atoms with Gasteiger partial charge in [-0.15, -0.1) is 0 Å². The minimum atomic E-state index is -3.65. The normalized spacial score (nSPS) is 18.3. The maximum atomic E-state index is 12.6. The molecule has 1 fully saturated rings. The molecule has 9 heteroatoms. The summed E-state index contributed by atoms with van der Waals surface area (Å²) in [5, 5.41) is 0.487. The topological polar surface area (TPSA) is 83.7 Å². The minimum Gasteiger partial charge on any atom is -0.339 e. The molecule has 1 atom stereocenters. The summed E-state index contributed by atoms with van der Waals surface area (Å²) in [7, 11) is -3.65. The molecule has 1 amide bonds. The van der Waals surface area contributed by atoms with Gasteiger partial charge in [-0.25, -0.2) is 8.42 Å². The van der Waals surface area contributed by atoms with E-state index in [1.54, 1.807) is 11.8 Å². The fourth-order valence-corrected chi connectivity index (χ4v) is 4.03. The lowest BCUT2D eigenvalue weighted by Gasteiger charge is -2.34. The Labute approximate surface area is 139 Å². The highest BCUT2D eigenvalue weighted by atomic mass is 35.5. The number of hydrogen-bond donors (Lipinski definition) is 1. The molecular weight excluding hydrogens is 349 g/mol. The zero-order chi connectivity index (χ0) is 16.5. The second-order valence-electron chi connectivity index (χ2n) is 5.09. The van der Waals surface area contributed by atoms with Crippen LogP contribution in [0.15, 0.2) is 23.1 Å². The third kappa shape index (κ3) is 3.55. The zero-order valence-corrected chi connectivity index (χ0v) is 14.3. The number of nitrogens with two attached hydrogens (primary N) is 1. The van der Waals surface area contributed by atoms with Gasteiger partial charge in [0.05, 0.1) is 21.0 Å². The van der Waals surface area contributed by atoms with Crippen molar-refractivity contribution in [2.24, 2.45) is 5.73 Å². The highest BCUT2D eigenvalue weighted by Gasteiger charge is 2.31. The van der Waals surface area contributed by atoms with Gasteiger partial charge < -0.3 is 10.6 Å². The van der Waals surface area contributed by atoms with Gasteiger partial charge in [-0.1, -0.05) is 23.2 Å². The van der Waals surface area contributed by atoms with E-state index in [2.05, 4.69) is 0 Å². The van der Waals surface area contributed by atoms with Gasteiger partial charge in [-0.05, 0) is 25.1 Å². The zero-order valence-electron chi connectivity index (χ0n) is 12.0. The predicted octanol–water partition coefficient (Wildman–Crippen LogP) is 1.17. The summed E-state index contributed by atoms with van der Waals surface area (Å²) >= 11 is 11.7. The molecule has 2 N–H and O–H groups in total. The Balaban J connectivity index is 2.12. The standard InChI is InChI=1S/C13H17Cl2N3O3S/c1-9(16)13(19)17-4-6-18(7-5-17)22(20,21)10-2-3-11(14)12(15)8-10/h2-3,8-9H,4-7,16H2,1H3/t9-/m0/s1. The minimum absolute atomic E-state index is 0.0915. The quantitative estimate of drug-likeness (QED) is 0.871. The molecule has 0 aliphatic carbocycles. The van der Waals surface area contributed by atoms with Crippen LogP contribution in [0.2, 0.25) is 10.0 Å². The summed E-state index contributed by atoms with van der Waals surface area (Å²) in [5.74, 6) is -0.174. The van der Waals surface area contributed by atoms with Crippen LogP contribution in [0.5, 0.6) is 0 Å². The molecule has 6 nitrogen and oxygen atoms in total. The van der Waals surface area contributed by atoms with Crippen molar-refractivity contribution in [3.63, 3.8) is 0 Å². The Hall–Kier alpha value is -0.860. The van der Waals surface area contributed by atoms with E-state index in [-0.39, 0.29) is 28.9 Å². The molecule has 0 spiro atoms. The number of halogens is 2. The first-order valence-electron chi connectivity index (χ1n) is 6.73. The van der Waals surface area contributed by atoms with E-state index in [1.807, 2.05) is 0 Å². The number of benzene rings is 1. The van der Waals surface area contributed by atoms with Crippen molar-refractivity contribution < 1.29 is 13.2 Å². The predicted molar refractivity (Wildman–Crippen MR) is 85.5 cm³/mol. The molecule has 1 aliphatic rings. The van der Waals surface area contributed by atoms with E-state index in [9.17, 15) is 13.2 Å². The monoisotopic (exact) mass is 365 g/mol. The Kier molecular flexibility index (Phi) is 5.34. The third-order valence-corrected chi connectivity index (χ3v) is 6.10. The number of amides is 1. The number of sulfonamides is 1. The Morgan fingerprint density at radius 2 is 1.77 bits per heavy atom. The second-order valence-corrected chi connectivity index (χ2v) is 7.85. The van der Waals surface area contributed by atoms with Crippen LogP contribution >= 0.6 is 23.2 Å². The van der Waals surface area contributed by atoms with Crippen molar-refractivity contribution >= 4 is 39.1 Å². The van der Waals surface area contributed by atoms with Crippen molar-refractivity contribution in [2.45, 2.75) is 17.9 Å². The highest BCUT2D eigenvalue weighted by molar-refractivity contribution is 7.89. The maximum absolute atomic E-state index is 12.6. The third-order valence-electron chi connectivity index (χ3n) is 3.47. The van der Waals surface area contributed by atoms with Crippen molar-refractivity contribution in [2.75, 3.05) is 26.2 Å². The van der Waals surface area contributed by atoms with Crippen molar-refractivity contribution in [3.8, 4) is 0 Å². The number of piperazine rings is 1. The van der Waals surface area contributed by atoms with Gasteiger partial charge in [0, 0.05) is 26.2 Å².